The lowest BCUT2D eigenvalue weighted by Gasteiger charge is -2.09. The highest BCUT2D eigenvalue weighted by Crippen LogP contribution is 2.21. The molecule has 0 saturated carbocycles. The molecule has 0 atom stereocenters. The van der Waals surface area contributed by atoms with E-state index in [1.54, 1.807) is 0 Å². The van der Waals surface area contributed by atoms with Gasteiger partial charge in [0, 0.05) is 24.6 Å². The van der Waals surface area contributed by atoms with Crippen molar-refractivity contribution >= 4 is 5.69 Å². The standard InChI is InChI=1S/C11H8FN3O3/c1-7-13-11(12)6-10(14(7)16)8-3-2-4-9(5-8)15(17)18/h2-6H,1H3. The Kier molecular flexibility index (Phi) is 2.88. The van der Waals surface area contributed by atoms with Crippen LogP contribution in [0.1, 0.15) is 5.82 Å². The molecule has 0 unspecified atom stereocenters. The molecule has 0 N–H and O–H groups in total. The number of aryl methyl sites for hydroxylation is 1. The summed E-state index contributed by atoms with van der Waals surface area (Å²) in [5.41, 5.74) is 0.0923. The van der Waals surface area contributed by atoms with Crippen molar-refractivity contribution in [3.05, 3.63) is 57.4 Å². The molecular formula is C11H8FN3O3. The smallest absolute Gasteiger partial charge is 0.325 e. The zero-order valence-corrected chi connectivity index (χ0v) is 9.33. The number of halogens is 1. The third kappa shape index (κ3) is 2.10. The minimum absolute atomic E-state index is 0.0105. The molecule has 0 fully saturated rings. The molecule has 6 nitrogen and oxygen atoms in total. The van der Waals surface area contributed by atoms with Gasteiger partial charge in [-0.05, 0) is 4.98 Å². The van der Waals surface area contributed by atoms with Gasteiger partial charge in [-0.1, -0.05) is 12.1 Å². The summed E-state index contributed by atoms with van der Waals surface area (Å²) < 4.78 is 13.6. The lowest BCUT2D eigenvalue weighted by molar-refractivity contribution is -0.604. The van der Waals surface area contributed by atoms with Crippen molar-refractivity contribution < 1.29 is 14.0 Å². The number of nitro benzene ring substituents is 1. The van der Waals surface area contributed by atoms with Crippen LogP contribution >= 0.6 is 0 Å². The molecule has 0 spiro atoms. The van der Waals surface area contributed by atoms with E-state index in [4.69, 9.17) is 0 Å². The summed E-state index contributed by atoms with van der Waals surface area (Å²) >= 11 is 0. The van der Waals surface area contributed by atoms with Crippen LogP contribution < -0.4 is 4.73 Å². The lowest BCUT2D eigenvalue weighted by Crippen LogP contribution is -2.34. The number of hydrogen-bond donors (Lipinski definition) is 0. The first-order valence-corrected chi connectivity index (χ1v) is 5.00. The Labute approximate surface area is 101 Å². The Morgan fingerprint density at radius 3 is 2.78 bits per heavy atom. The van der Waals surface area contributed by atoms with Gasteiger partial charge in [0.25, 0.3) is 5.69 Å². The van der Waals surface area contributed by atoms with E-state index >= 15 is 0 Å². The number of non-ortho nitro benzene ring substituents is 1. The van der Waals surface area contributed by atoms with Crippen LogP contribution in [0.2, 0.25) is 0 Å². The number of benzene rings is 1. The van der Waals surface area contributed by atoms with Crippen molar-refractivity contribution in [1.29, 1.82) is 0 Å². The second-order valence-corrected chi connectivity index (χ2v) is 3.61. The molecule has 0 aliphatic rings. The van der Waals surface area contributed by atoms with Gasteiger partial charge < -0.3 is 5.21 Å². The zero-order chi connectivity index (χ0) is 13.3. The molecule has 1 heterocycles. The van der Waals surface area contributed by atoms with E-state index in [2.05, 4.69) is 4.98 Å². The van der Waals surface area contributed by atoms with Gasteiger partial charge in [0.1, 0.15) is 5.69 Å². The average Bonchev–Trinajstić information content (AvgIpc) is 2.34. The maximum atomic E-state index is 13.2. The van der Waals surface area contributed by atoms with Crippen LogP contribution in [0.4, 0.5) is 10.1 Å². The molecule has 18 heavy (non-hydrogen) atoms. The van der Waals surface area contributed by atoms with Crippen molar-refractivity contribution in [3.8, 4) is 11.3 Å². The number of rotatable bonds is 2. The average molecular weight is 249 g/mol. The monoisotopic (exact) mass is 249 g/mol. The van der Waals surface area contributed by atoms with Crippen molar-refractivity contribution in [2.75, 3.05) is 0 Å². The number of aromatic nitrogens is 2. The van der Waals surface area contributed by atoms with Gasteiger partial charge in [0.15, 0.2) is 0 Å². The third-order valence-corrected chi connectivity index (χ3v) is 2.39. The Balaban J connectivity index is 2.62. The van der Waals surface area contributed by atoms with Crippen LogP contribution in [0.5, 0.6) is 0 Å². The van der Waals surface area contributed by atoms with E-state index in [-0.39, 0.29) is 22.8 Å². The minimum Gasteiger partial charge on any atom is -0.710 e. The van der Waals surface area contributed by atoms with Crippen LogP contribution in [-0.4, -0.2) is 9.91 Å². The zero-order valence-electron chi connectivity index (χ0n) is 9.33. The molecule has 2 aromatic rings. The van der Waals surface area contributed by atoms with Gasteiger partial charge in [0.05, 0.1) is 11.0 Å². The Morgan fingerprint density at radius 1 is 1.39 bits per heavy atom. The first kappa shape index (κ1) is 11.9. The largest absolute Gasteiger partial charge is 0.710 e. The molecule has 0 saturated heterocycles. The topological polar surface area (TPSA) is 83.0 Å². The fraction of sp³-hybridized carbons (Fsp3) is 0.0909. The second kappa shape index (κ2) is 4.36. The molecular weight excluding hydrogens is 241 g/mol. The van der Waals surface area contributed by atoms with Crippen LogP contribution in [-0.2, 0) is 0 Å². The van der Waals surface area contributed by atoms with Gasteiger partial charge in [-0.3, -0.25) is 10.1 Å². The third-order valence-electron chi connectivity index (χ3n) is 2.39. The highest BCUT2D eigenvalue weighted by Gasteiger charge is 2.16. The number of nitro groups is 1. The molecule has 0 amide bonds. The normalized spacial score (nSPS) is 10.3. The Bertz CT molecular complexity index is 631. The van der Waals surface area contributed by atoms with Crippen LogP contribution in [0.3, 0.4) is 0 Å². The maximum Gasteiger partial charge on any atom is 0.325 e. The van der Waals surface area contributed by atoms with Gasteiger partial charge in [-0.25, -0.2) is 4.73 Å². The first-order valence-electron chi connectivity index (χ1n) is 5.00. The molecule has 7 heteroatoms. The summed E-state index contributed by atoms with van der Waals surface area (Å²) in [6.45, 7) is 1.36. The van der Waals surface area contributed by atoms with Crippen molar-refractivity contribution in [3.63, 3.8) is 0 Å². The van der Waals surface area contributed by atoms with Crippen LogP contribution in [0.15, 0.2) is 30.3 Å². The van der Waals surface area contributed by atoms with E-state index in [9.17, 15) is 19.7 Å². The molecule has 0 radical (unpaired) electrons. The van der Waals surface area contributed by atoms with Gasteiger partial charge in [-0.15, -0.1) is 0 Å². The number of nitrogens with zero attached hydrogens (tertiary/aromatic N) is 3. The van der Waals surface area contributed by atoms with Crippen molar-refractivity contribution in [2.45, 2.75) is 6.92 Å². The van der Waals surface area contributed by atoms with E-state index in [1.165, 1.54) is 31.2 Å². The SMILES string of the molecule is Cc1nc(F)cc(-c2cccc([N+](=O)[O-])c2)[n+]1[O-]. The quantitative estimate of drug-likeness (QED) is 0.267. The van der Waals surface area contributed by atoms with Gasteiger partial charge in [-0.2, -0.15) is 4.39 Å². The molecule has 0 aliphatic heterocycles. The van der Waals surface area contributed by atoms with E-state index in [0.717, 1.165) is 6.07 Å². The second-order valence-electron chi connectivity index (χ2n) is 3.61. The number of hydrogen-bond acceptors (Lipinski definition) is 4. The molecule has 0 aliphatic carbocycles. The van der Waals surface area contributed by atoms with Gasteiger partial charge in [0.2, 0.25) is 0 Å². The van der Waals surface area contributed by atoms with E-state index in [1.807, 2.05) is 0 Å². The fourth-order valence-corrected chi connectivity index (χ4v) is 1.56. The fourth-order valence-electron chi connectivity index (χ4n) is 1.56. The summed E-state index contributed by atoms with van der Waals surface area (Å²) in [6.07, 6.45) is 0. The molecule has 0 bridgehead atoms. The van der Waals surface area contributed by atoms with Gasteiger partial charge >= 0.3 is 11.8 Å². The Hall–Kier alpha value is -2.57. The summed E-state index contributed by atoms with van der Waals surface area (Å²) in [6, 6.07) is 6.38. The lowest BCUT2D eigenvalue weighted by atomic mass is 10.1. The van der Waals surface area contributed by atoms with Crippen molar-refractivity contribution in [1.82, 2.24) is 4.98 Å². The first-order chi connectivity index (χ1) is 8.49. The van der Waals surface area contributed by atoms with E-state index < -0.39 is 10.9 Å². The van der Waals surface area contributed by atoms with E-state index in [0.29, 0.717) is 4.73 Å². The summed E-state index contributed by atoms with van der Waals surface area (Å²) in [4.78, 5) is 13.4. The van der Waals surface area contributed by atoms with Crippen molar-refractivity contribution in [2.24, 2.45) is 0 Å². The van der Waals surface area contributed by atoms with Crippen LogP contribution in [0, 0.1) is 28.2 Å². The van der Waals surface area contributed by atoms with Crippen LogP contribution in [0.25, 0.3) is 11.3 Å². The summed E-state index contributed by atoms with van der Waals surface area (Å²) in [5, 5.41) is 22.4. The maximum absolute atomic E-state index is 13.2. The highest BCUT2D eigenvalue weighted by atomic mass is 19.1. The molecule has 1 aromatic carbocycles. The Morgan fingerprint density at radius 2 is 2.11 bits per heavy atom. The predicted molar refractivity (Wildman–Crippen MR) is 60.0 cm³/mol. The summed E-state index contributed by atoms with van der Waals surface area (Å²) in [7, 11) is 0. The highest BCUT2D eigenvalue weighted by molar-refractivity contribution is 5.59. The molecule has 2 rings (SSSR count). The molecule has 1 aromatic heterocycles. The predicted octanol–water partition coefficient (Wildman–Crippen LogP) is 1.74. The molecule has 92 valence electrons. The minimum atomic E-state index is -0.805. The summed E-state index contributed by atoms with van der Waals surface area (Å²) in [5.74, 6) is -0.863.